The average molecular weight is 246 g/mol. The number of hydrogen-bond acceptors (Lipinski definition) is 1. The maximum atomic E-state index is 12.3. The molecule has 0 atom stereocenters. The van der Waals surface area contributed by atoms with Crippen molar-refractivity contribution in [2.24, 2.45) is 0 Å². The molecule has 1 aromatic rings. The third-order valence-corrected chi connectivity index (χ3v) is 3.52. The van der Waals surface area contributed by atoms with Gasteiger partial charge in [-0.25, -0.2) is 4.79 Å². The number of urea groups is 1. The van der Waals surface area contributed by atoms with Crippen molar-refractivity contribution in [1.82, 2.24) is 5.32 Å². The Kier molecular flexibility index (Phi) is 4.62. The summed E-state index contributed by atoms with van der Waals surface area (Å²) in [5.41, 5.74) is 1.01. The molecule has 1 N–H and O–H groups in total. The van der Waals surface area contributed by atoms with Crippen LogP contribution in [0.2, 0.25) is 0 Å². The zero-order valence-electron chi connectivity index (χ0n) is 11.1. The first-order valence-corrected chi connectivity index (χ1v) is 6.95. The van der Waals surface area contributed by atoms with E-state index < -0.39 is 0 Å². The van der Waals surface area contributed by atoms with Crippen LogP contribution in [-0.4, -0.2) is 18.6 Å². The van der Waals surface area contributed by atoms with Gasteiger partial charge in [0.15, 0.2) is 0 Å². The molecule has 0 heterocycles. The molecule has 0 spiro atoms. The van der Waals surface area contributed by atoms with Crippen LogP contribution in [-0.2, 0) is 0 Å². The molecule has 1 aromatic carbocycles. The second kappa shape index (κ2) is 6.43. The van der Waals surface area contributed by atoms with Gasteiger partial charge in [0.1, 0.15) is 0 Å². The third-order valence-electron chi connectivity index (χ3n) is 3.52. The van der Waals surface area contributed by atoms with E-state index in [0.29, 0.717) is 12.6 Å². The molecule has 18 heavy (non-hydrogen) atoms. The van der Waals surface area contributed by atoms with Gasteiger partial charge in [-0.2, -0.15) is 0 Å². The minimum absolute atomic E-state index is 0.0376. The van der Waals surface area contributed by atoms with E-state index in [9.17, 15) is 4.79 Å². The molecule has 1 aliphatic carbocycles. The van der Waals surface area contributed by atoms with Crippen molar-refractivity contribution < 1.29 is 4.79 Å². The number of para-hydroxylation sites is 1. The van der Waals surface area contributed by atoms with Gasteiger partial charge in [-0.05, 0) is 31.9 Å². The molecule has 3 nitrogen and oxygen atoms in total. The molecule has 2 rings (SSSR count). The highest BCUT2D eigenvalue weighted by molar-refractivity contribution is 5.92. The van der Waals surface area contributed by atoms with Crippen molar-refractivity contribution in [3.8, 4) is 0 Å². The summed E-state index contributed by atoms with van der Waals surface area (Å²) >= 11 is 0. The summed E-state index contributed by atoms with van der Waals surface area (Å²) in [5.74, 6) is 0. The topological polar surface area (TPSA) is 32.3 Å². The van der Waals surface area contributed by atoms with E-state index in [1.54, 1.807) is 0 Å². The highest BCUT2D eigenvalue weighted by Crippen LogP contribution is 2.27. The minimum Gasteiger partial charge on any atom is -0.338 e. The Morgan fingerprint density at radius 2 is 1.89 bits per heavy atom. The molecular formula is C15H22N2O. The Labute approximate surface area is 109 Å². The molecule has 1 fully saturated rings. The predicted molar refractivity (Wildman–Crippen MR) is 74.9 cm³/mol. The van der Waals surface area contributed by atoms with Gasteiger partial charge in [0.05, 0.1) is 0 Å². The second-order valence-corrected chi connectivity index (χ2v) is 4.83. The van der Waals surface area contributed by atoms with Crippen molar-refractivity contribution in [2.75, 3.05) is 11.4 Å². The van der Waals surface area contributed by atoms with Crippen LogP contribution in [0.1, 0.15) is 39.0 Å². The molecule has 0 bridgehead atoms. The number of anilines is 1. The fraction of sp³-hybridized carbons (Fsp3) is 0.533. The number of carbonyl (C=O) groups excluding carboxylic acids is 1. The average Bonchev–Trinajstić information content (AvgIpc) is 2.42. The number of amides is 2. The van der Waals surface area contributed by atoms with Crippen LogP contribution in [0.3, 0.4) is 0 Å². The number of carbonyl (C=O) groups is 1. The molecule has 2 amide bonds. The lowest BCUT2D eigenvalue weighted by atomic mass is 9.94. The number of nitrogens with one attached hydrogen (secondary N) is 1. The first-order chi connectivity index (χ1) is 8.83. The summed E-state index contributed by atoms with van der Waals surface area (Å²) in [6.45, 7) is 2.64. The van der Waals surface area contributed by atoms with Gasteiger partial charge in [0.2, 0.25) is 0 Å². The Balaban J connectivity index is 2.19. The Morgan fingerprint density at radius 1 is 1.22 bits per heavy atom. The first kappa shape index (κ1) is 12.9. The quantitative estimate of drug-likeness (QED) is 0.869. The van der Waals surface area contributed by atoms with Crippen LogP contribution >= 0.6 is 0 Å². The summed E-state index contributed by atoms with van der Waals surface area (Å²) in [4.78, 5) is 14.2. The van der Waals surface area contributed by atoms with Crippen molar-refractivity contribution in [2.45, 2.75) is 45.1 Å². The summed E-state index contributed by atoms with van der Waals surface area (Å²) in [5, 5.41) is 2.93. The zero-order chi connectivity index (χ0) is 12.8. The van der Waals surface area contributed by atoms with Crippen molar-refractivity contribution in [1.29, 1.82) is 0 Å². The number of benzene rings is 1. The molecule has 0 aromatic heterocycles. The van der Waals surface area contributed by atoms with Crippen LogP contribution < -0.4 is 10.2 Å². The molecule has 98 valence electrons. The van der Waals surface area contributed by atoms with E-state index in [-0.39, 0.29) is 6.03 Å². The van der Waals surface area contributed by atoms with Crippen LogP contribution in [0.4, 0.5) is 10.5 Å². The number of hydrogen-bond donors (Lipinski definition) is 1. The Bertz CT molecular complexity index is 371. The Morgan fingerprint density at radius 3 is 2.50 bits per heavy atom. The van der Waals surface area contributed by atoms with E-state index in [1.165, 1.54) is 19.3 Å². The summed E-state index contributed by atoms with van der Waals surface area (Å²) in [6, 6.07) is 10.4. The van der Waals surface area contributed by atoms with Gasteiger partial charge in [-0.1, -0.05) is 37.5 Å². The molecular weight excluding hydrogens is 224 g/mol. The molecule has 0 radical (unpaired) electrons. The largest absolute Gasteiger partial charge is 0.338 e. The fourth-order valence-corrected chi connectivity index (χ4v) is 2.66. The van der Waals surface area contributed by atoms with Gasteiger partial charge in [0.25, 0.3) is 0 Å². The van der Waals surface area contributed by atoms with Gasteiger partial charge >= 0.3 is 6.03 Å². The van der Waals surface area contributed by atoms with Crippen molar-refractivity contribution >= 4 is 11.7 Å². The molecule has 0 aliphatic heterocycles. The SMILES string of the molecule is CCNC(=O)N(c1ccccc1)C1CCCCC1. The van der Waals surface area contributed by atoms with Crippen LogP contribution in [0.5, 0.6) is 0 Å². The van der Waals surface area contributed by atoms with Crippen LogP contribution in [0.15, 0.2) is 30.3 Å². The molecule has 1 saturated carbocycles. The lowest BCUT2D eigenvalue weighted by Gasteiger charge is -2.34. The standard InChI is InChI=1S/C15H22N2O/c1-2-16-15(18)17(13-9-5-3-6-10-13)14-11-7-4-8-12-14/h3,5-6,9-10,14H,2,4,7-8,11-12H2,1H3,(H,16,18). The molecule has 3 heteroatoms. The van der Waals surface area contributed by atoms with E-state index >= 15 is 0 Å². The molecule has 0 saturated heterocycles. The van der Waals surface area contributed by atoms with E-state index in [1.807, 2.05) is 42.2 Å². The third kappa shape index (κ3) is 3.03. The van der Waals surface area contributed by atoms with Gasteiger partial charge in [-0.3, -0.25) is 4.90 Å². The summed E-state index contributed by atoms with van der Waals surface area (Å²) in [6.07, 6.45) is 5.99. The monoisotopic (exact) mass is 246 g/mol. The maximum Gasteiger partial charge on any atom is 0.322 e. The molecule has 1 aliphatic rings. The summed E-state index contributed by atoms with van der Waals surface area (Å²) < 4.78 is 0. The van der Waals surface area contributed by atoms with Crippen molar-refractivity contribution in [3.05, 3.63) is 30.3 Å². The number of nitrogens with zero attached hydrogens (tertiary/aromatic N) is 1. The van der Waals surface area contributed by atoms with Gasteiger partial charge in [-0.15, -0.1) is 0 Å². The van der Waals surface area contributed by atoms with Crippen LogP contribution in [0, 0.1) is 0 Å². The predicted octanol–water partition coefficient (Wildman–Crippen LogP) is 3.56. The smallest absolute Gasteiger partial charge is 0.322 e. The summed E-state index contributed by atoms with van der Waals surface area (Å²) in [7, 11) is 0. The van der Waals surface area contributed by atoms with E-state index in [4.69, 9.17) is 0 Å². The Hall–Kier alpha value is -1.51. The van der Waals surface area contributed by atoms with Gasteiger partial charge < -0.3 is 5.32 Å². The second-order valence-electron chi connectivity index (χ2n) is 4.83. The van der Waals surface area contributed by atoms with E-state index in [0.717, 1.165) is 18.5 Å². The number of rotatable bonds is 3. The maximum absolute atomic E-state index is 12.3. The highest BCUT2D eigenvalue weighted by Gasteiger charge is 2.26. The van der Waals surface area contributed by atoms with E-state index in [2.05, 4.69) is 5.32 Å². The zero-order valence-corrected chi connectivity index (χ0v) is 11.1. The lowest BCUT2D eigenvalue weighted by Crippen LogP contribution is -2.47. The minimum atomic E-state index is 0.0376. The highest BCUT2D eigenvalue weighted by atomic mass is 16.2. The fourth-order valence-electron chi connectivity index (χ4n) is 2.66. The van der Waals surface area contributed by atoms with Crippen molar-refractivity contribution in [3.63, 3.8) is 0 Å². The van der Waals surface area contributed by atoms with Crippen LogP contribution in [0.25, 0.3) is 0 Å². The van der Waals surface area contributed by atoms with Gasteiger partial charge in [0, 0.05) is 18.3 Å². The molecule has 0 unspecified atom stereocenters. The normalized spacial score (nSPS) is 16.3. The first-order valence-electron chi connectivity index (χ1n) is 6.95. The lowest BCUT2D eigenvalue weighted by molar-refractivity contribution is 0.242.